The van der Waals surface area contributed by atoms with Gasteiger partial charge in [-0.1, -0.05) is 37.5 Å². The average Bonchev–Trinajstić information content (AvgIpc) is 2.61. The Bertz CT molecular complexity index is 716. The first-order chi connectivity index (χ1) is 12.2. The fourth-order valence-corrected chi connectivity index (χ4v) is 3.30. The van der Waals surface area contributed by atoms with Gasteiger partial charge in [-0.15, -0.1) is 0 Å². The quantitative estimate of drug-likeness (QED) is 0.897. The van der Waals surface area contributed by atoms with Gasteiger partial charge < -0.3 is 14.7 Å². The molecule has 25 heavy (non-hydrogen) atoms. The van der Waals surface area contributed by atoms with Gasteiger partial charge >= 0.3 is 0 Å². The van der Waals surface area contributed by atoms with Crippen molar-refractivity contribution in [1.29, 1.82) is 0 Å². The molecule has 1 saturated heterocycles. The molecule has 0 atom stereocenters. The highest BCUT2D eigenvalue weighted by atomic mass is 16.5. The molecule has 0 bridgehead atoms. The number of amides is 1. The number of likely N-dealkylation sites (tertiary alicyclic amines) is 1. The number of rotatable bonds is 3. The van der Waals surface area contributed by atoms with Crippen LogP contribution in [-0.4, -0.2) is 36.1 Å². The summed E-state index contributed by atoms with van der Waals surface area (Å²) in [5, 5.41) is 9.71. The van der Waals surface area contributed by atoms with Crippen molar-refractivity contribution in [1.82, 2.24) is 4.90 Å². The monoisotopic (exact) mass is 339 g/mol. The summed E-state index contributed by atoms with van der Waals surface area (Å²) in [7, 11) is 1.53. The van der Waals surface area contributed by atoms with E-state index in [1.54, 1.807) is 12.1 Å². The first kappa shape index (κ1) is 17.3. The second-order valence-corrected chi connectivity index (χ2v) is 6.52. The van der Waals surface area contributed by atoms with Gasteiger partial charge in [0, 0.05) is 18.7 Å². The van der Waals surface area contributed by atoms with Crippen LogP contribution in [-0.2, 0) is 0 Å². The number of phenolic OH excluding ortho intramolecular Hbond substituents is 1. The van der Waals surface area contributed by atoms with Crippen LogP contribution in [0.3, 0.4) is 0 Å². The van der Waals surface area contributed by atoms with Crippen molar-refractivity contribution in [3.63, 3.8) is 0 Å². The summed E-state index contributed by atoms with van der Waals surface area (Å²) in [6, 6.07) is 12.9. The maximum atomic E-state index is 12.7. The Labute approximate surface area is 149 Å². The molecule has 1 amide bonds. The van der Waals surface area contributed by atoms with Gasteiger partial charge in [-0.2, -0.15) is 0 Å². The van der Waals surface area contributed by atoms with E-state index >= 15 is 0 Å². The lowest BCUT2D eigenvalue weighted by Crippen LogP contribution is -2.33. The van der Waals surface area contributed by atoms with E-state index in [2.05, 4.69) is 0 Å². The molecule has 1 N–H and O–H groups in total. The van der Waals surface area contributed by atoms with Gasteiger partial charge in [0.25, 0.3) is 5.91 Å². The van der Waals surface area contributed by atoms with Crippen molar-refractivity contribution in [3.05, 3.63) is 48.0 Å². The number of phenols is 1. The van der Waals surface area contributed by atoms with Crippen LogP contribution >= 0.6 is 0 Å². The van der Waals surface area contributed by atoms with E-state index in [-0.39, 0.29) is 11.7 Å². The summed E-state index contributed by atoms with van der Waals surface area (Å²) in [4.78, 5) is 14.7. The normalized spacial score (nSPS) is 15.3. The lowest BCUT2D eigenvalue weighted by Gasteiger charge is -2.25. The zero-order valence-corrected chi connectivity index (χ0v) is 14.7. The minimum Gasteiger partial charge on any atom is -0.504 e. The van der Waals surface area contributed by atoms with Gasteiger partial charge in [-0.25, -0.2) is 0 Å². The number of ether oxygens (including phenoxy) is 1. The number of carbonyl (C=O) groups is 1. The predicted molar refractivity (Wildman–Crippen MR) is 99.1 cm³/mol. The summed E-state index contributed by atoms with van der Waals surface area (Å²) in [6.45, 7) is 1.71. The van der Waals surface area contributed by atoms with Crippen molar-refractivity contribution in [3.8, 4) is 22.6 Å². The predicted octanol–water partition coefficient (Wildman–Crippen LogP) is 4.47. The van der Waals surface area contributed by atoms with Crippen LogP contribution in [0.4, 0.5) is 0 Å². The second-order valence-electron chi connectivity index (χ2n) is 6.52. The molecule has 2 aromatic rings. The fourth-order valence-electron chi connectivity index (χ4n) is 3.30. The SMILES string of the molecule is COc1cc(-c2ccc(C(=O)N3CCCCCCC3)cc2)ccc1O. The first-order valence-corrected chi connectivity index (χ1v) is 8.96. The molecule has 0 spiro atoms. The Morgan fingerprint density at radius 2 is 1.52 bits per heavy atom. The molecule has 132 valence electrons. The number of aromatic hydroxyl groups is 1. The van der Waals surface area contributed by atoms with Crippen LogP contribution in [0.2, 0.25) is 0 Å². The minimum atomic E-state index is 0.120. The Kier molecular flexibility index (Phi) is 5.59. The Balaban J connectivity index is 1.76. The van der Waals surface area contributed by atoms with E-state index in [9.17, 15) is 9.90 Å². The molecular formula is C21H25NO3. The fraction of sp³-hybridized carbons (Fsp3) is 0.381. The highest BCUT2D eigenvalue weighted by molar-refractivity contribution is 5.94. The summed E-state index contributed by atoms with van der Waals surface area (Å²) in [5.74, 6) is 0.685. The zero-order chi connectivity index (χ0) is 17.6. The van der Waals surface area contributed by atoms with Crippen molar-refractivity contribution < 1.29 is 14.6 Å². The van der Waals surface area contributed by atoms with Crippen LogP contribution in [0.15, 0.2) is 42.5 Å². The molecule has 1 aliphatic heterocycles. The first-order valence-electron chi connectivity index (χ1n) is 8.96. The molecule has 1 fully saturated rings. The van der Waals surface area contributed by atoms with Crippen LogP contribution in [0.1, 0.15) is 42.5 Å². The third kappa shape index (κ3) is 4.13. The highest BCUT2D eigenvalue weighted by Crippen LogP contribution is 2.31. The summed E-state index contributed by atoms with van der Waals surface area (Å²) in [6.07, 6.45) is 5.90. The molecular weight excluding hydrogens is 314 g/mol. The van der Waals surface area contributed by atoms with E-state index < -0.39 is 0 Å². The van der Waals surface area contributed by atoms with Gasteiger partial charge in [0.05, 0.1) is 7.11 Å². The van der Waals surface area contributed by atoms with Crippen LogP contribution in [0, 0.1) is 0 Å². The minimum absolute atomic E-state index is 0.120. The highest BCUT2D eigenvalue weighted by Gasteiger charge is 2.16. The zero-order valence-electron chi connectivity index (χ0n) is 14.7. The second kappa shape index (κ2) is 8.06. The van der Waals surface area contributed by atoms with Gasteiger partial charge in [0.1, 0.15) is 0 Å². The van der Waals surface area contributed by atoms with Gasteiger partial charge in [0.2, 0.25) is 0 Å². The number of hydrogen-bond acceptors (Lipinski definition) is 3. The van der Waals surface area contributed by atoms with E-state index in [1.807, 2.05) is 35.2 Å². The Hall–Kier alpha value is -2.49. The standard InChI is InChI=1S/C21H25NO3/c1-25-20-15-18(11-12-19(20)23)16-7-9-17(10-8-16)21(24)22-13-5-3-2-4-6-14-22/h7-12,15,23H,2-6,13-14H2,1H3. The largest absolute Gasteiger partial charge is 0.504 e. The molecule has 0 unspecified atom stereocenters. The maximum Gasteiger partial charge on any atom is 0.253 e. The number of carbonyl (C=O) groups excluding carboxylic acids is 1. The molecule has 0 radical (unpaired) electrons. The summed E-state index contributed by atoms with van der Waals surface area (Å²) >= 11 is 0. The Morgan fingerprint density at radius 1 is 0.920 bits per heavy atom. The lowest BCUT2D eigenvalue weighted by atomic mass is 10.0. The third-order valence-electron chi connectivity index (χ3n) is 4.79. The van der Waals surface area contributed by atoms with Crippen LogP contribution in [0.25, 0.3) is 11.1 Å². The van der Waals surface area contributed by atoms with Gasteiger partial charge in [-0.05, 0) is 48.2 Å². The van der Waals surface area contributed by atoms with Gasteiger partial charge in [-0.3, -0.25) is 4.79 Å². The molecule has 0 saturated carbocycles. The third-order valence-corrected chi connectivity index (χ3v) is 4.79. The van der Waals surface area contributed by atoms with Crippen molar-refractivity contribution >= 4 is 5.91 Å². The van der Waals surface area contributed by atoms with Crippen LogP contribution in [0.5, 0.6) is 11.5 Å². The van der Waals surface area contributed by atoms with Crippen molar-refractivity contribution in [2.75, 3.05) is 20.2 Å². The molecule has 4 heteroatoms. The molecule has 3 rings (SSSR count). The number of hydrogen-bond donors (Lipinski definition) is 1. The Morgan fingerprint density at radius 3 is 2.16 bits per heavy atom. The maximum absolute atomic E-state index is 12.7. The van der Waals surface area contributed by atoms with E-state index in [0.717, 1.165) is 42.6 Å². The van der Waals surface area contributed by atoms with Crippen molar-refractivity contribution in [2.24, 2.45) is 0 Å². The summed E-state index contributed by atoms with van der Waals surface area (Å²) in [5.41, 5.74) is 2.66. The molecule has 2 aromatic carbocycles. The molecule has 0 aromatic heterocycles. The lowest BCUT2D eigenvalue weighted by molar-refractivity contribution is 0.0742. The van der Waals surface area contributed by atoms with Crippen molar-refractivity contribution in [2.45, 2.75) is 32.1 Å². The molecule has 1 aliphatic rings. The van der Waals surface area contributed by atoms with Gasteiger partial charge in [0.15, 0.2) is 11.5 Å². The summed E-state index contributed by atoms with van der Waals surface area (Å²) < 4.78 is 5.16. The van der Waals surface area contributed by atoms with Crippen LogP contribution < -0.4 is 4.74 Å². The number of methoxy groups -OCH3 is 1. The molecule has 1 heterocycles. The smallest absolute Gasteiger partial charge is 0.253 e. The van der Waals surface area contributed by atoms with E-state index in [0.29, 0.717) is 5.75 Å². The number of benzene rings is 2. The van der Waals surface area contributed by atoms with E-state index in [4.69, 9.17) is 4.74 Å². The topological polar surface area (TPSA) is 49.8 Å². The van der Waals surface area contributed by atoms with E-state index in [1.165, 1.54) is 26.4 Å². The molecule has 0 aliphatic carbocycles. The number of nitrogens with zero attached hydrogens (tertiary/aromatic N) is 1. The molecule has 4 nitrogen and oxygen atoms in total. The average molecular weight is 339 g/mol.